The van der Waals surface area contributed by atoms with Crippen LogP contribution in [0.25, 0.3) is 0 Å². The van der Waals surface area contributed by atoms with E-state index in [1.54, 1.807) is 6.20 Å². The molecule has 13 heteroatoms. The molecule has 1 saturated heterocycles. The van der Waals surface area contributed by atoms with Gasteiger partial charge in [0.1, 0.15) is 18.1 Å². The van der Waals surface area contributed by atoms with Gasteiger partial charge < -0.3 is 37.1 Å². The van der Waals surface area contributed by atoms with Gasteiger partial charge in [0.15, 0.2) is 0 Å². The third kappa shape index (κ3) is 8.67. The highest BCUT2D eigenvalue weighted by atomic mass is 32.1. The first-order valence-corrected chi connectivity index (χ1v) is 11.6. The summed E-state index contributed by atoms with van der Waals surface area (Å²) in [5.41, 5.74) is 6.07. The molecule has 0 aliphatic carbocycles. The van der Waals surface area contributed by atoms with Gasteiger partial charge in [0.2, 0.25) is 17.7 Å². The number of carbonyl (C=O) groups is 4. The molecule has 1 aliphatic heterocycles. The average Bonchev–Trinajstić information content (AvgIpc) is 3.50. The van der Waals surface area contributed by atoms with Crippen LogP contribution in [0.4, 0.5) is 0 Å². The van der Waals surface area contributed by atoms with Crippen LogP contribution < -0.4 is 27.0 Å². The number of nitrogens with zero attached hydrogens (tertiary/aromatic N) is 1. The summed E-state index contributed by atoms with van der Waals surface area (Å²) in [4.78, 5) is 56.5. The number of carbonyl (C=O) groups excluding carboxylic acids is 3. The molecule has 1 aliphatic rings. The molecule has 4 atom stereocenters. The van der Waals surface area contributed by atoms with E-state index in [1.807, 2.05) is 0 Å². The Morgan fingerprint density at radius 1 is 1.15 bits per heavy atom. The van der Waals surface area contributed by atoms with Crippen molar-refractivity contribution in [2.75, 3.05) is 18.8 Å². The number of unbranched alkanes of at least 4 members (excludes halogenated alkanes) is 1. The second kappa shape index (κ2) is 13.8. The molecule has 3 amide bonds. The van der Waals surface area contributed by atoms with Crippen molar-refractivity contribution in [3.63, 3.8) is 0 Å². The Morgan fingerprint density at radius 3 is 2.45 bits per heavy atom. The van der Waals surface area contributed by atoms with Gasteiger partial charge in [-0.15, -0.1) is 0 Å². The van der Waals surface area contributed by atoms with E-state index in [0.717, 1.165) is 13.0 Å². The molecule has 0 radical (unpaired) electrons. The number of carboxylic acid groups (broad SMARTS) is 1. The maximum absolute atomic E-state index is 13.0. The molecule has 2 rings (SSSR count). The van der Waals surface area contributed by atoms with Crippen molar-refractivity contribution in [2.45, 2.75) is 62.7 Å². The van der Waals surface area contributed by atoms with Gasteiger partial charge in [-0.2, -0.15) is 12.6 Å². The lowest BCUT2D eigenvalue weighted by molar-refractivity contribution is -0.142. The summed E-state index contributed by atoms with van der Waals surface area (Å²) >= 11 is 4.13. The third-order valence-electron chi connectivity index (χ3n) is 5.37. The van der Waals surface area contributed by atoms with Crippen molar-refractivity contribution >= 4 is 36.3 Å². The Labute approximate surface area is 197 Å². The lowest BCUT2D eigenvalue weighted by Crippen LogP contribution is -2.58. The maximum Gasteiger partial charge on any atom is 0.326 e. The number of aromatic amines is 1. The van der Waals surface area contributed by atoms with Crippen LogP contribution in [0.3, 0.4) is 0 Å². The molecular formula is C20H33N7O5S. The molecule has 2 heterocycles. The second-order valence-electron chi connectivity index (χ2n) is 7.92. The number of nitrogens with one attached hydrogen (secondary N) is 5. The van der Waals surface area contributed by atoms with E-state index in [-0.39, 0.29) is 30.5 Å². The van der Waals surface area contributed by atoms with E-state index in [2.05, 4.69) is 43.9 Å². The predicted octanol–water partition coefficient (Wildman–Crippen LogP) is -1.70. The number of thiol groups is 1. The smallest absolute Gasteiger partial charge is 0.326 e. The lowest BCUT2D eigenvalue weighted by atomic mass is 10.1. The molecule has 0 aromatic carbocycles. The van der Waals surface area contributed by atoms with Gasteiger partial charge in [-0.05, 0) is 45.2 Å². The summed E-state index contributed by atoms with van der Waals surface area (Å²) in [7, 11) is 0. The van der Waals surface area contributed by atoms with Crippen LogP contribution in [0.5, 0.6) is 0 Å². The van der Waals surface area contributed by atoms with Crippen LogP contribution in [0.1, 0.15) is 37.8 Å². The van der Waals surface area contributed by atoms with Crippen molar-refractivity contribution in [3.8, 4) is 0 Å². The van der Waals surface area contributed by atoms with Crippen LogP contribution >= 0.6 is 12.6 Å². The zero-order valence-electron chi connectivity index (χ0n) is 18.4. The Kier molecular flexibility index (Phi) is 11.1. The molecule has 12 nitrogen and oxygen atoms in total. The Morgan fingerprint density at radius 2 is 1.88 bits per heavy atom. The average molecular weight is 484 g/mol. The van der Waals surface area contributed by atoms with Crippen molar-refractivity contribution in [3.05, 3.63) is 18.2 Å². The number of hydrogen-bond donors (Lipinski definition) is 8. The summed E-state index contributed by atoms with van der Waals surface area (Å²) in [6.45, 7) is 1.16. The van der Waals surface area contributed by atoms with Gasteiger partial charge in [-0.3, -0.25) is 14.4 Å². The topological polar surface area (TPSA) is 191 Å². The summed E-state index contributed by atoms with van der Waals surface area (Å²) in [6, 6.07) is -3.52. The SMILES string of the molecule is NCCCCC(NC(=O)C(CS)NC(=O)C(Cc1cnc[nH]1)NC(=O)C1CCCN1)C(=O)O. The highest BCUT2D eigenvalue weighted by molar-refractivity contribution is 7.80. The number of rotatable bonds is 14. The number of carboxylic acids is 1. The van der Waals surface area contributed by atoms with E-state index in [0.29, 0.717) is 31.5 Å². The number of aromatic nitrogens is 2. The minimum atomic E-state index is -1.17. The normalized spacial score (nSPS) is 18.2. The van der Waals surface area contributed by atoms with Gasteiger partial charge in [0, 0.05) is 24.1 Å². The van der Waals surface area contributed by atoms with Crippen molar-refractivity contribution < 1.29 is 24.3 Å². The Bertz CT molecular complexity index is 786. The third-order valence-corrected chi connectivity index (χ3v) is 5.73. The predicted molar refractivity (Wildman–Crippen MR) is 124 cm³/mol. The molecule has 0 saturated carbocycles. The molecule has 1 fully saturated rings. The minimum Gasteiger partial charge on any atom is -0.480 e. The summed E-state index contributed by atoms with van der Waals surface area (Å²) in [6.07, 6.45) is 6.09. The molecular weight excluding hydrogens is 450 g/mol. The number of H-pyrrole nitrogens is 1. The Balaban J connectivity index is 2.02. The molecule has 1 aromatic rings. The molecule has 0 spiro atoms. The monoisotopic (exact) mass is 483 g/mol. The van der Waals surface area contributed by atoms with Crippen LogP contribution in [-0.4, -0.2) is 81.8 Å². The van der Waals surface area contributed by atoms with E-state index in [1.165, 1.54) is 6.33 Å². The zero-order valence-corrected chi connectivity index (χ0v) is 19.3. The van der Waals surface area contributed by atoms with Gasteiger partial charge >= 0.3 is 5.97 Å². The minimum absolute atomic E-state index is 0.0540. The summed E-state index contributed by atoms with van der Waals surface area (Å²) in [5.74, 6) is -2.77. The molecule has 0 bridgehead atoms. The van der Waals surface area contributed by atoms with Gasteiger partial charge in [0.05, 0.1) is 12.4 Å². The van der Waals surface area contributed by atoms with Gasteiger partial charge in [-0.25, -0.2) is 9.78 Å². The lowest BCUT2D eigenvalue weighted by Gasteiger charge is -2.24. The van der Waals surface area contributed by atoms with Gasteiger partial charge in [0.25, 0.3) is 0 Å². The van der Waals surface area contributed by atoms with Crippen LogP contribution in [0.15, 0.2) is 12.5 Å². The first-order chi connectivity index (χ1) is 15.8. The number of nitrogens with two attached hydrogens (primary N) is 1. The summed E-state index contributed by atoms with van der Waals surface area (Å²) in [5, 5.41) is 20.2. The summed E-state index contributed by atoms with van der Waals surface area (Å²) < 4.78 is 0. The van der Waals surface area contributed by atoms with Crippen molar-refractivity contribution in [1.29, 1.82) is 0 Å². The van der Waals surface area contributed by atoms with Crippen molar-refractivity contribution in [1.82, 2.24) is 31.2 Å². The van der Waals surface area contributed by atoms with Crippen LogP contribution in [0, 0.1) is 0 Å². The van der Waals surface area contributed by atoms with Gasteiger partial charge in [-0.1, -0.05) is 0 Å². The van der Waals surface area contributed by atoms with Crippen LogP contribution in [0.2, 0.25) is 0 Å². The zero-order chi connectivity index (χ0) is 24.2. The first-order valence-electron chi connectivity index (χ1n) is 11.0. The van der Waals surface area contributed by atoms with Crippen molar-refractivity contribution in [2.24, 2.45) is 5.73 Å². The first kappa shape index (κ1) is 26.6. The van der Waals surface area contributed by atoms with E-state index < -0.39 is 35.9 Å². The van der Waals surface area contributed by atoms with E-state index in [9.17, 15) is 24.3 Å². The fourth-order valence-corrected chi connectivity index (χ4v) is 3.75. The largest absolute Gasteiger partial charge is 0.480 e. The van der Waals surface area contributed by atoms with Crippen LogP contribution in [-0.2, 0) is 25.6 Å². The standard InChI is InChI=1S/C20H33N7O5S/c21-6-2-1-4-14(20(31)32)25-19(30)16(10-33)27-18(29)15(8-12-9-22-11-24-12)26-17(28)13-5-3-7-23-13/h9,11,13-16,23,33H,1-8,10,21H2,(H,22,24)(H,25,30)(H,26,28)(H,27,29)(H,31,32). The molecule has 4 unspecified atom stereocenters. The quantitative estimate of drug-likeness (QED) is 0.113. The van der Waals surface area contributed by atoms with E-state index >= 15 is 0 Å². The molecule has 8 N–H and O–H groups in total. The second-order valence-corrected chi connectivity index (χ2v) is 8.28. The fraction of sp³-hybridized carbons (Fsp3) is 0.650. The highest BCUT2D eigenvalue weighted by Crippen LogP contribution is 2.07. The molecule has 33 heavy (non-hydrogen) atoms. The highest BCUT2D eigenvalue weighted by Gasteiger charge is 2.31. The molecule has 1 aromatic heterocycles. The number of hydrogen-bond acceptors (Lipinski definition) is 8. The van der Waals surface area contributed by atoms with E-state index in [4.69, 9.17) is 5.73 Å². The Hall–Kier alpha value is -2.64. The number of aliphatic carboxylic acids is 1. The number of imidazole rings is 1. The number of amides is 3. The molecule has 184 valence electrons. The fourth-order valence-electron chi connectivity index (χ4n) is 3.50. The maximum atomic E-state index is 13.0.